The monoisotopic (exact) mass is 417 g/mol. The minimum Gasteiger partial charge on any atom is -0.507 e. The maximum atomic E-state index is 13.1. The van der Waals surface area contributed by atoms with Gasteiger partial charge in [0.1, 0.15) is 11.6 Å². The number of anilines is 1. The van der Waals surface area contributed by atoms with E-state index in [1.165, 1.54) is 12.1 Å². The third kappa shape index (κ3) is 3.46. The first-order valence-corrected chi connectivity index (χ1v) is 9.99. The Labute approximate surface area is 177 Å². The highest BCUT2D eigenvalue weighted by molar-refractivity contribution is 5.97. The molecule has 0 bridgehead atoms. The van der Waals surface area contributed by atoms with Gasteiger partial charge in [-0.15, -0.1) is 0 Å². The second kappa shape index (κ2) is 7.39. The molecule has 0 radical (unpaired) electrons. The van der Waals surface area contributed by atoms with Crippen LogP contribution in [0.3, 0.4) is 0 Å². The van der Waals surface area contributed by atoms with Gasteiger partial charge in [-0.25, -0.2) is 14.4 Å². The van der Waals surface area contributed by atoms with Crippen molar-refractivity contribution in [2.75, 3.05) is 5.32 Å². The lowest BCUT2D eigenvalue weighted by molar-refractivity contribution is 0.0997. The fourth-order valence-corrected chi connectivity index (χ4v) is 3.85. The first-order chi connectivity index (χ1) is 15.0. The fraction of sp³-hybridized carbons (Fsp3) is 0.174. The Hall–Kier alpha value is -3.94. The number of aromatic hydroxyl groups is 1. The number of hydrogen-bond donors (Lipinski definition) is 3. The Morgan fingerprint density at radius 2 is 1.97 bits per heavy atom. The van der Waals surface area contributed by atoms with Crippen molar-refractivity contribution in [1.82, 2.24) is 14.4 Å². The summed E-state index contributed by atoms with van der Waals surface area (Å²) in [7, 11) is 0. The van der Waals surface area contributed by atoms with Gasteiger partial charge in [0, 0.05) is 30.1 Å². The van der Waals surface area contributed by atoms with Crippen molar-refractivity contribution < 1.29 is 14.3 Å². The van der Waals surface area contributed by atoms with Crippen molar-refractivity contribution >= 4 is 17.4 Å². The van der Waals surface area contributed by atoms with Gasteiger partial charge < -0.3 is 16.2 Å². The van der Waals surface area contributed by atoms with E-state index in [4.69, 9.17) is 5.73 Å². The molecule has 1 fully saturated rings. The van der Waals surface area contributed by atoms with Crippen molar-refractivity contribution in [1.29, 1.82) is 0 Å². The average molecular weight is 417 g/mol. The number of fused-ring (bicyclic) bond motifs is 1. The van der Waals surface area contributed by atoms with Gasteiger partial charge in [0.15, 0.2) is 11.5 Å². The number of nitrogens with zero attached hydrogens (tertiary/aromatic N) is 3. The van der Waals surface area contributed by atoms with Crippen LogP contribution in [0, 0.1) is 5.82 Å². The van der Waals surface area contributed by atoms with Gasteiger partial charge in [-0.05, 0) is 42.5 Å². The highest BCUT2D eigenvalue weighted by Gasteiger charge is 2.32. The van der Waals surface area contributed by atoms with Crippen LogP contribution in [0.4, 0.5) is 10.2 Å². The SMILES string of the molecule is NC(=O)c1ccc(-c2cnc3c(NCc4ccc(F)cc4)nccn23)c(C2CC2)c1O. The van der Waals surface area contributed by atoms with Crippen molar-refractivity contribution in [2.45, 2.75) is 25.3 Å². The molecule has 2 aromatic carbocycles. The van der Waals surface area contributed by atoms with E-state index in [1.54, 1.807) is 36.8 Å². The molecule has 1 saturated carbocycles. The summed E-state index contributed by atoms with van der Waals surface area (Å²) in [4.78, 5) is 20.6. The summed E-state index contributed by atoms with van der Waals surface area (Å²) in [5, 5.41) is 14.0. The second-order valence-corrected chi connectivity index (χ2v) is 7.65. The number of aromatic nitrogens is 3. The van der Waals surface area contributed by atoms with Gasteiger partial charge in [-0.2, -0.15) is 0 Å². The number of rotatable bonds is 6. The smallest absolute Gasteiger partial charge is 0.252 e. The molecule has 1 amide bonds. The van der Waals surface area contributed by atoms with Gasteiger partial charge in [-0.1, -0.05) is 18.2 Å². The molecule has 1 aliphatic rings. The maximum Gasteiger partial charge on any atom is 0.252 e. The zero-order valence-corrected chi connectivity index (χ0v) is 16.5. The van der Waals surface area contributed by atoms with Gasteiger partial charge in [0.2, 0.25) is 0 Å². The van der Waals surface area contributed by atoms with Crippen LogP contribution in [0.25, 0.3) is 16.9 Å². The van der Waals surface area contributed by atoms with Crippen LogP contribution >= 0.6 is 0 Å². The molecule has 4 N–H and O–H groups in total. The number of hydrogen-bond acceptors (Lipinski definition) is 5. The topological polar surface area (TPSA) is 106 Å². The number of imidazole rings is 1. The summed E-state index contributed by atoms with van der Waals surface area (Å²) in [5.74, 6) is -0.201. The summed E-state index contributed by atoms with van der Waals surface area (Å²) < 4.78 is 15.0. The van der Waals surface area contributed by atoms with E-state index >= 15 is 0 Å². The Kier molecular flexibility index (Phi) is 4.54. The lowest BCUT2D eigenvalue weighted by Crippen LogP contribution is -2.12. The first kappa shape index (κ1) is 19.0. The minimum atomic E-state index is -0.652. The number of primary amides is 1. The molecule has 5 rings (SSSR count). The van der Waals surface area contributed by atoms with Crippen molar-refractivity contribution in [3.63, 3.8) is 0 Å². The third-order valence-electron chi connectivity index (χ3n) is 5.55. The molecular formula is C23H20FN5O2. The standard InChI is InChI=1S/C23H20FN5O2/c24-15-5-1-13(2-6-15)11-27-22-23-28-12-18(29(23)10-9-26-22)16-7-8-17(21(25)31)20(30)19(16)14-3-4-14/h1-2,5-10,12,14,30H,3-4,11H2,(H2,25,31)(H,26,27). The number of phenols is 1. The van der Waals surface area contributed by atoms with Crippen molar-refractivity contribution in [3.8, 4) is 17.0 Å². The molecule has 0 aliphatic heterocycles. The zero-order valence-electron chi connectivity index (χ0n) is 16.5. The minimum absolute atomic E-state index is 0.0498. The van der Waals surface area contributed by atoms with E-state index in [0.29, 0.717) is 18.0 Å². The van der Waals surface area contributed by atoms with E-state index in [0.717, 1.165) is 35.2 Å². The lowest BCUT2D eigenvalue weighted by Gasteiger charge is -2.14. The predicted octanol–water partition coefficient (Wildman–Crippen LogP) is 3.83. The van der Waals surface area contributed by atoms with Gasteiger partial charge in [0.25, 0.3) is 5.91 Å². The molecule has 31 heavy (non-hydrogen) atoms. The molecule has 2 aromatic heterocycles. The molecule has 4 aromatic rings. The molecule has 0 saturated heterocycles. The van der Waals surface area contributed by atoms with Crippen LogP contribution < -0.4 is 11.1 Å². The summed E-state index contributed by atoms with van der Waals surface area (Å²) in [6.07, 6.45) is 7.10. The summed E-state index contributed by atoms with van der Waals surface area (Å²) >= 11 is 0. The molecular weight excluding hydrogens is 397 g/mol. The van der Waals surface area contributed by atoms with E-state index in [2.05, 4.69) is 15.3 Å². The zero-order chi connectivity index (χ0) is 21.5. The quantitative estimate of drug-likeness (QED) is 0.442. The van der Waals surface area contributed by atoms with E-state index < -0.39 is 5.91 Å². The number of carbonyl (C=O) groups is 1. The predicted molar refractivity (Wildman–Crippen MR) is 114 cm³/mol. The number of nitrogens with two attached hydrogens (primary N) is 1. The number of carbonyl (C=O) groups excluding carboxylic acids is 1. The Morgan fingerprint density at radius 3 is 2.68 bits per heavy atom. The number of nitrogens with one attached hydrogen (secondary N) is 1. The van der Waals surface area contributed by atoms with Gasteiger partial charge >= 0.3 is 0 Å². The van der Waals surface area contributed by atoms with Crippen LogP contribution in [0.2, 0.25) is 0 Å². The van der Waals surface area contributed by atoms with Crippen LogP contribution in [-0.2, 0) is 6.54 Å². The van der Waals surface area contributed by atoms with Crippen molar-refractivity contribution in [2.24, 2.45) is 5.73 Å². The fourth-order valence-electron chi connectivity index (χ4n) is 3.85. The number of halogens is 1. The van der Waals surface area contributed by atoms with Crippen LogP contribution in [-0.4, -0.2) is 25.4 Å². The average Bonchev–Trinajstić information content (AvgIpc) is 3.50. The summed E-state index contributed by atoms with van der Waals surface area (Å²) in [5.41, 5.74) is 9.42. The normalized spacial score (nSPS) is 13.5. The van der Waals surface area contributed by atoms with Gasteiger partial charge in [-0.3, -0.25) is 9.20 Å². The largest absolute Gasteiger partial charge is 0.507 e. The molecule has 1 aliphatic carbocycles. The molecule has 7 nitrogen and oxygen atoms in total. The van der Waals surface area contributed by atoms with Crippen molar-refractivity contribution in [3.05, 3.63) is 77.5 Å². The van der Waals surface area contributed by atoms with E-state index in [9.17, 15) is 14.3 Å². The Morgan fingerprint density at radius 1 is 1.19 bits per heavy atom. The van der Waals surface area contributed by atoms with E-state index in [1.807, 2.05) is 10.5 Å². The number of benzene rings is 2. The summed E-state index contributed by atoms with van der Waals surface area (Å²) in [6, 6.07) is 9.62. The summed E-state index contributed by atoms with van der Waals surface area (Å²) in [6.45, 7) is 0.469. The Bertz CT molecular complexity index is 1300. The third-order valence-corrected chi connectivity index (χ3v) is 5.55. The molecule has 0 unspecified atom stereocenters. The number of amides is 1. The molecule has 8 heteroatoms. The van der Waals surface area contributed by atoms with E-state index in [-0.39, 0.29) is 23.0 Å². The van der Waals surface area contributed by atoms with Crippen LogP contribution in [0.5, 0.6) is 5.75 Å². The van der Waals surface area contributed by atoms with Gasteiger partial charge in [0.05, 0.1) is 17.5 Å². The lowest BCUT2D eigenvalue weighted by atomic mass is 9.96. The molecule has 0 spiro atoms. The Balaban J connectivity index is 1.54. The second-order valence-electron chi connectivity index (χ2n) is 7.65. The van der Waals surface area contributed by atoms with Crippen LogP contribution in [0.1, 0.15) is 40.2 Å². The highest BCUT2D eigenvalue weighted by Crippen LogP contribution is 2.49. The van der Waals surface area contributed by atoms with Crippen LogP contribution in [0.15, 0.2) is 55.0 Å². The molecule has 156 valence electrons. The molecule has 0 atom stereocenters. The first-order valence-electron chi connectivity index (χ1n) is 9.99. The highest BCUT2D eigenvalue weighted by atomic mass is 19.1. The molecule has 2 heterocycles. The maximum absolute atomic E-state index is 13.1.